The van der Waals surface area contributed by atoms with Crippen molar-refractivity contribution in [3.8, 4) is 0 Å². The van der Waals surface area contributed by atoms with E-state index in [0.29, 0.717) is 11.5 Å². The van der Waals surface area contributed by atoms with Gasteiger partial charge >= 0.3 is 0 Å². The molecule has 3 rings (SSSR count). The van der Waals surface area contributed by atoms with E-state index in [9.17, 15) is 28.6 Å². The van der Waals surface area contributed by atoms with E-state index >= 15 is 0 Å². The number of aryl methyl sites for hydroxylation is 2. The van der Waals surface area contributed by atoms with Crippen LogP contribution in [-0.4, -0.2) is 41.3 Å². The van der Waals surface area contributed by atoms with Crippen molar-refractivity contribution in [3.05, 3.63) is 79.5 Å². The van der Waals surface area contributed by atoms with Gasteiger partial charge in [0.25, 0.3) is 11.4 Å². The van der Waals surface area contributed by atoms with Gasteiger partial charge in [-0.05, 0) is 32.9 Å². The summed E-state index contributed by atoms with van der Waals surface area (Å²) >= 11 is 0. The highest BCUT2D eigenvalue weighted by molar-refractivity contribution is 7.89. The van der Waals surface area contributed by atoms with Crippen LogP contribution in [0.2, 0.25) is 0 Å². The molecular weight excluding hydrogens is 478 g/mol. The fraction of sp³-hybridized carbons (Fsp3) is 0.238. The fourth-order valence-electron chi connectivity index (χ4n) is 3.13. The quantitative estimate of drug-likeness (QED) is 0.211. The molecule has 14 heteroatoms. The van der Waals surface area contributed by atoms with E-state index < -0.39 is 36.1 Å². The Balaban J connectivity index is 1.67. The molecule has 0 bridgehead atoms. The molecule has 1 aromatic heterocycles. The zero-order chi connectivity index (χ0) is 25.8. The lowest BCUT2D eigenvalue weighted by molar-refractivity contribution is -0.395. The molecule has 2 aromatic carbocycles. The Bertz CT molecular complexity index is 1340. The maximum atomic E-state index is 12.6. The fourth-order valence-corrected chi connectivity index (χ4v) is 4.20. The van der Waals surface area contributed by atoms with Gasteiger partial charge in [-0.15, -0.1) is 0 Å². The zero-order valence-electron chi connectivity index (χ0n) is 19.1. The third-order valence-electron chi connectivity index (χ3n) is 4.91. The molecule has 0 amide bonds. The monoisotopic (exact) mass is 501 g/mol. The molecule has 0 aliphatic heterocycles. The normalized spacial score (nSPS) is 11.2. The van der Waals surface area contributed by atoms with Gasteiger partial charge in [-0.25, -0.2) is 18.1 Å². The van der Waals surface area contributed by atoms with Gasteiger partial charge in [0, 0.05) is 42.7 Å². The summed E-state index contributed by atoms with van der Waals surface area (Å²) in [6.07, 6.45) is 0. The maximum absolute atomic E-state index is 12.6. The molecule has 13 nitrogen and oxygen atoms in total. The van der Waals surface area contributed by atoms with Crippen LogP contribution in [0, 0.1) is 41.0 Å². The van der Waals surface area contributed by atoms with E-state index in [-0.39, 0.29) is 24.6 Å². The van der Waals surface area contributed by atoms with Crippen LogP contribution in [0.15, 0.2) is 47.4 Å². The van der Waals surface area contributed by atoms with Gasteiger partial charge < -0.3 is 10.6 Å². The maximum Gasteiger partial charge on any atom is 0.280 e. The molecule has 0 radical (unpaired) electrons. The highest BCUT2D eigenvalue weighted by atomic mass is 32.2. The van der Waals surface area contributed by atoms with E-state index in [1.54, 1.807) is 13.0 Å². The second kappa shape index (κ2) is 10.4. The van der Waals surface area contributed by atoms with Crippen molar-refractivity contribution >= 4 is 38.9 Å². The van der Waals surface area contributed by atoms with Gasteiger partial charge in [0.2, 0.25) is 16.0 Å². The van der Waals surface area contributed by atoms with Crippen LogP contribution in [0.25, 0.3) is 0 Å². The Morgan fingerprint density at radius 1 is 0.886 bits per heavy atom. The molecule has 0 aliphatic carbocycles. The minimum atomic E-state index is -4.26. The predicted octanol–water partition coefficient (Wildman–Crippen LogP) is 3.35. The smallest absolute Gasteiger partial charge is 0.280 e. The topological polar surface area (TPSA) is 182 Å². The van der Waals surface area contributed by atoms with Crippen molar-refractivity contribution in [1.29, 1.82) is 0 Å². The minimum Gasteiger partial charge on any atom is -0.353 e. The first kappa shape index (κ1) is 25.5. The Hall–Kier alpha value is -4.17. The van der Waals surface area contributed by atoms with Crippen LogP contribution in [0.5, 0.6) is 0 Å². The summed E-state index contributed by atoms with van der Waals surface area (Å²) in [5.74, 6) is 0.809. The Labute approximate surface area is 201 Å². The number of sulfonamides is 1. The Morgan fingerprint density at radius 3 is 2.06 bits per heavy atom. The van der Waals surface area contributed by atoms with Crippen LogP contribution in [-0.2, 0) is 10.0 Å². The summed E-state index contributed by atoms with van der Waals surface area (Å²) in [5.41, 5.74) is 1.10. The van der Waals surface area contributed by atoms with E-state index in [4.69, 9.17) is 0 Å². The first-order valence-electron chi connectivity index (χ1n) is 10.3. The number of aromatic nitrogens is 2. The Kier molecular flexibility index (Phi) is 7.56. The van der Waals surface area contributed by atoms with Crippen molar-refractivity contribution in [2.24, 2.45) is 0 Å². The molecule has 0 unspecified atom stereocenters. The molecule has 1 heterocycles. The predicted molar refractivity (Wildman–Crippen MR) is 129 cm³/mol. The number of anilines is 3. The molecule has 0 fully saturated rings. The van der Waals surface area contributed by atoms with Crippen molar-refractivity contribution < 1.29 is 18.3 Å². The summed E-state index contributed by atoms with van der Waals surface area (Å²) in [6.45, 7) is 4.91. The van der Waals surface area contributed by atoms with Gasteiger partial charge in [-0.3, -0.25) is 20.2 Å². The van der Waals surface area contributed by atoms with Gasteiger partial charge in [-0.2, -0.15) is 4.98 Å². The number of benzene rings is 2. The molecular formula is C21H23N7O6S. The highest BCUT2D eigenvalue weighted by Gasteiger charge is 2.27. The van der Waals surface area contributed by atoms with Crippen LogP contribution >= 0.6 is 0 Å². The van der Waals surface area contributed by atoms with Crippen molar-refractivity contribution in [3.63, 3.8) is 0 Å². The molecule has 0 spiro atoms. The van der Waals surface area contributed by atoms with Gasteiger partial charge in [0.05, 0.1) is 14.7 Å². The largest absolute Gasteiger partial charge is 0.353 e. The van der Waals surface area contributed by atoms with Gasteiger partial charge in [-0.1, -0.05) is 17.7 Å². The number of hydrogen-bond donors (Lipinski definition) is 3. The number of nitrogens with zero attached hydrogens (tertiary/aromatic N) is 4. The van der Waals surface area contributed by atoms with E-state index in [0.717, 1.165) is 23.4 Å². The van der Waals surface area contributed by atoms with E-state index in [1.807, 2.05) is 31.2 Å². The molecule has 35 heavy (non-hydrogen) atoms. The van der Waals surface area contributed by atoms with Crippen LogP contribution in [0.3, 0.4) is 0 Å². The lowest BCUT2D eigenvalue weighted by Gasteiger charge is -2.11. The van der Waals surface area contributed by atoms with Crippen LogP contribution < -0.4 is 15.4 Å². The van der Waals surface area contributed by atoms with E-state index in [2.05, 4.69) is 25.3 Å². The zero-order valence-corrected chi connectivity index (χ0v) is 19.9. The molecule has 0 saturated carbocycles. The molecule has 0 saturated heterocycles. The van der Waals surface area contributed by atoms with Gasteiger partial charge in [0.15, 0.2) is 0 Å². The standard InChI is InChI=1S/C21H23N7O6S/c1-13-4-6-16(7-5-13)25-20-10-14(2)24-21(26-20)22-8-9-23-35(33,34)17-11-18(27(29)30)15(3)19(12-17)28(31)32/h4-7,10-12,23H,8-9H2,1-3H3,(H2,22,24,25,26). The second-order valence-corrected chi connectivity index (χ2v) is 9.40. The number of nitro benzene ring substituents is 2. The first-order valence-corrected chi connectivity index (χ1v) is 11.8. The third-order valence-corrected chi connectivity index (χ3v) is 6.35. The van der Waals surface area contributed by atoms with E-state index in [1.165, 1.54) is 6.92 Å². The van der Waals surface area contributed by atoms with Crippen LogP contribution in [0.1, 0.15) is 16.8 Å². The van der Waals surface area contributed by atoms with Crippen molar-refractivity contribution in [2.45, 2.75) is 25.7 Å². The molecule has 184 valence electrons. The minimum absolute atomic E-state index is 0.0860. The lowest BCUT2D eigenvalue weighted by Crippen LogP contribution is -2.29. The average Bonchev–Trinajstić information content (AvgIpc) is 2.77. The summed E-state index contributed by atoms with van der Waals surface area (Å²) in [5, 5.41) is 28.5. The average molecular weight is 502 g/mol. The first-order chi connectivity index (χ1) is 16.5. The Morgan fingerprint density at radius 2 is 1.49 bits per heavy atom. The summed E-state index contributed by atoms with van der Waals surface area (Å²) in [4.78, 5) is 28.8. The molecule has 3 aromatic rings. The molecule has 0 atom stereocenters. The number of nitrogens with one attached hydrogen (secondary N) is 3. The number of hydrogen-bond acceptors (Lipinski definition) is 10. The van der Waals surface area contributed by atoms with Gasteiger partial charge in [0.1, 0.15) is 11.4 Å². The highest BCUT2D eigenvalue weighted by Crippen LogP contribution is 2.31. The summed E-state index contributed by atoms with van der Waals surface area (Å²) in [7, 11) is -4.26. The number of nitro groups is 2. The number of rotatable bonds is 10. The van der Waals surface area contributed by atoms with Crippen molar-refractivity contribution in [2.75, 3.05) is 23.7 Å². The third kappa shape index (κ3) is 6.45. The van der Waals surface area contributed by atoms with Crippen molar-refractivity contribution in [1.82, 2.24) is 14.7 Å². The summed E-state index contributed by atoms with van der Waals surface area (Å²) < 4.78 is 27.5. The second-order valence-electron chi connectivity index (χ2n) is 7.63. The van der Waals surface area contributed by atoms with Crippen LogP contribution in [0.4, 0.5) is 28.8 Å². The lowest BCUT2D eigenvalue weighted by atomic mass is 10.1. The molecule has 0 aliphatic rings. The SMILES string of the molecule is Cc1ccc(Nc2cc(C)nc(NCCNS(=O)(=O)c3cc([N+](=O)[O-])c(C)c([N+](=O)[O-])c3)n2)cc1. The summed E-state index contributed by atoms with van der Waals surface area (Å²) in [6, 6.07) is 11.1. The molecule has 3 N–H and O–H groups in total.